The van der Waals surface area contributed by atoms with Gasteiger partial charge in [-0.3, -0.25) is 48.6 Å². The van der Waals surface area contributed by atoms with Crippen LogP contribution in [0.15, 0.2) is 102 Å². The van der Waals surface area contributed by atoms with Gasteiger partial charge in [0.2, 0.25) is 0 Å². The fraction of sp³-hybridized carbons (Fsp3) is 0.269. The lowest BCUT2D eigenvalue weighted by atomic mass is 10.3. The van der Waals surface area contributed by atoms with Gasteiger partial charge in [0, 0.05) is 77.4 Å². The number of alkyl halides is 1. The Bertz CT molecular complexity index is 2910. The molecule has 0 unspecified atom stereocenters. The van der Waals surface area contributed by atoms with Crippen molar-refractivity contribution in [1.82, 2.24) is 25.8 Å². The van der Waals surface area contributed by atoms with Crippen molar-refractivity contribution in [3.8, 4) is 28.7 Å². The van der Waals surface area contributed by atoms with E-state index >= 15 is 0 Å². The molecule has 0 spiro atoms. The minimum absolute atomic E-state index is 0. The van der Waals surface area contributed by atoms with Crippen molar-refractivity contribution in [3.63, 3.8) is 0 Å². The second kappa shape index (κ2) is 47.7. The molecule has 6 aromatic rings. The quantitative estimate of drug-likeness (QED) is 0.0194. The highest BCUT2D eigenvalue weighted by Gasteiger charge is 2.12. The van der Waals surface area contributed by atoms with Crippen LogP contribution in [0.5, 0.6) is 28.7 Å². The smallest absolute Gasteiger partial charge is 0.313 e. The van der Waals surface area contributed by atoms with Gasteiger partial charge in [0.25, 0.3) is 22.6 Å². The standard InChI is InChI=1S/C12H12Cl2O4.C10H8Cl2N2O2.C10H11Cl2NO3.C8H5Cl3O2.C6H4Cl2O.C4H8BrNO2.C2H7NO.ClH/c1-2-17-12(16)6-10(15)7-18-11-4-8(13)3-9(14)5-11;11-6-1-7(12)3-9(2-6)16-5-8-4-10(15)14-13-8;1-13(15-2)10(14)6-16-9-4-7(11)3-8(12)5-9;9-5-1-6(10)3-7(2-5)13-4-8(11)12;7-4-1-5(8)3-6(9)2-4;1-6(8-2)4(7)3-5;1-3-4-2;/h3-5H,2,6-7H2,1H3;1-4H,5H2,(H2,13,14,15);3-5H,6H2,1-2H3;1-3H,4H2;1-3,9H;3H2,1-2H3;3H,1-2H3;1H. The predicted molar refractivity (Wildman–Crippen MR) is 340 cm³/mol. The van der Waals surface area contributed by atoms with Gasteiger partial charge >= 0.3 is 5.97 Å². The van der Waals surface area contributed by atoms with E-state index in [0.717, 1.165) is 10.1 Å². The van der Waals surface area contributed by atoms with Crippen molar-refractivity contribution in [2.45, 2.75) is 20.0 Å². The van der Waals surface area contributed by atoms with Crippen LogP contribution in [0.25, 0.3) is 0 Å². The van der Waals surface area contributed by atoms with Crippen LogP contribution in [0, 0.1) is 0 Å². The van der Waals surface area contributed by atoms with E-state index in [1.54, 1.807) is 94.9 Å². The number of halogens is 13. The highest BCUT2D eigenvalue weighted by atomic mass is 79.9. The molecule has 33 heteroatoms. The Morgan fingerprint density at radius 3 is 1.18 bits per heavy atom. The summed E-state index contributed by atoms with van der Waals surface area (Å²) < 4.78 is 25.4. The molecule has 0 atom stereocenters. The van der Waals surface area contributed by atoms with Crippen molar-refractivity contribution >= 4 is 185 Å². The van der Waals surface area contributed by atoms with Crippen LogP contribution < -0.4 is 30.0 Å². The summed E-state index contributed by atoms with van der Waals surface area (Å²) in [6, 6.07) is 24.8. The van der Waals surface area contributed by atoms with E-state index in [2.05, 4.69) is 46.0 Å². The van der Waals surface area contributed by atoms with Crippen LogP contribution in [-0.2, 0) is 49.8 Å². The predicted octanol–water partition coefficient (Wildman–Crippen LogP) is 14.3. The molecule has 0 saturated carbocycles. The maximum absolute atomic E-state index is 11.4. The molecular weight excluding hydrogens is 1440 g/mol. The lowest BCUT2D eigenvalue weighted by molar-refractivity contribution is -0.170. The van der Waals surface area contributed by atoms with Gasteiger partial charge in [-0.1, -0.05) is 132 Å². The van der Waals surface area contributed by atoms with Gasteiger partial charge in [-0.25, -0.2) is 15.6 Å². The molecule has 0 aliphatic heterocycles. The topological polar surface area (TPSA) is 247 Å². The molecule has 4 N–H and O–H groups in total. The Morgan fingerprint density at radius 2 is 0.882 bits per heavy atom. The second-order valence-electron chi connectivity index (χ2n) is 15.1. The number of ether oxygens (including phenoxy) is 5. The number of hydroxylamine groups is 5. The summed E-state index contributed by atoms with van der Waals surface area (Å²) in [6.45, 7) is 1.61. The molecular formula is C52H56BrCl12N5O15. The molecule has 0 aliphatic rings. The second-order valence-corrected chi connectivity index (χ2v) is 20.4. The normalized spacial score (nSPS) is 9.64. The zero-order chi connectivity index (χ0) is 63.9. The van der Waals surface area contributed by atoms with Crippen LogP contribution in [0.1, 0.15) is 19.0 Å². The molecule has 1 aromatic heterocycles. The number of hydrogen-bond acceptors (Lipinski definition) is 16. The van der Waals surface area contributed by atoms with Crippen molar-refractivity contribution in [3.05, 3.63) is 163 Å². The molecule has 2 amide bonds. The van der Waals surface area contributed by atoms with E-state index < -0.39 is 11.2 Å². The first kappa shape index (κ1) is 82.7. The molecule has 470 valence electrons. The summed E-state index contributed by atoms with van der Waals surface area (Å²) in [5.74, 6) is 0.560. The van der Waals surface area contributed by atoms with E-state index in [1.807, 2.05) is 0 Å². The van der Waals surface area contributed by atoms with Crippen molar-refractivity contribution in [1.29, 1.82) is 0 Å². The number of nitrogens with zero attached hydrogens (tertiary/aromatic N) is 2. The fourth-order valence-electron chi connectivity index (χ4n) is 4.85. The molecule has 0 aliphatic carbocycles. The number of rotatable bonds is 19. The summed E-state index contributed by atoms with van der Waals surface area (Å²) in [6.07, 6.45) is -0.303. The number of hydrogen-bond donors (Lipinski definition) is 4. The van der Waals surface area contributed by atoms with Crippen molar-refractivity contribution in [2.24, 2.45) is 0 Å². The Kier molecular flexibility index (Phi) is 46.4. The van der Waals surface area contributed by atoms with Gasteiger partial charge in [0.15, 0.2) is 19.0 Å². The van der Waals surface area contributed by atoms with Crippen LogP contribution >= 0.6 is 156 Å². The van der Waals surface area contributed by atoms with Crippen LogP contribution in [-0.4, -0.2) is 128 Å². The summed E-state index contributed by atoms with van der Waals surface area (Å²) in [5, 5.41) is 20.4. The number of H-pyrrole nitrogens is 2. The first-order valence-corrected chi connectivity index (χ1v) is 28.3. The molecule has 85 heavy (non-hydrogen) atoms. The Morgan fingerprint density at radius 1 is 0.541 bits per heavy atom. The minimum Gasteiger partial charge on any atom is -0.508 e. The number of aromatic amines is 2. The van der Waals surface area contributed by atoms with Gasteiger partial charge in [0.1, 0.15) is 48.4 Å². The van der Waals surface area contributed by atoms with Gasteiger partial charge in [0.05, 0.1) is 39.0 Å². The van der Waals surface area contributed by atoms with Gasteiger partial charge in [-0.15, -0.1) is 12.4 Å². The third-order valence-electron chi connectivity index (χ3n) is 8.57. The monoisotopic (exact) mass is 1490 g/mol. The van der Waals surface area contributed by atoms with Crippen LogP contribution in [0.3, 0.4) is 0 Å². The van der Waals surface area contributed by atoms with Gasteiger partial charge in [-0.05, 0) is 110 Å². The van der Waals surface area contributed by atoms with E-state index in [0.29, 0.717) is 84.2 Å². The maximum Gasteiger partial charge on any atom is 0.313 e. The van der Waals surface area contributed by atoms with Gasteiger partial charge in [-0.2, -0.15) is 0 Å². The number of phenols is 1. The lowest BCUT2D eigenvalue weighted by Crippen LogP contribution is -2.30. The number of carbonyl (C=O) groups is 5. The number of aromatic nitrogens is 2. The summed E-state index contributed by atoms with van der Waals surface area (Å²) >= 11 is 65.1. The largest absolute Gasteiger partial charge is 0.508 e. The van der Waals surface area contributed by atoms with Crippen LogP contribution in [0.2, 0.25) is 50.2 Å². The minimum atomic E-state index is -0.573. The third-order valence-corrected chi connectivity index (χ3v) is 11.3. The van der Waals surface area contributed by atoms with Gasteiger partial charge < -0.3 is 33.6 Å². The van der Waals surface area contributed by atoms with Crippen molar-refractivity contribution < 1.29 is 67.3 Å². The summed E-state index contributed by atoms with van der Waals surface area (Å²) in [7, 11) is 9.18. The number of benzene rings is 5. The lowest BCUT2D eigenvalue weighted by Gasteiger charge is -2.14. The summed E-state index contributed by atoms with van der Waals surface area (Å²) in [5.41, 5.74) is 2.89. The van der Waals surface area contributed by atoms with E-state index in [-0.39, 0.29) is 80.8 Å². The number of ketones is 1. The van der Waals surface area contributed by atoms with E-state index in [1.165, 1.54) is 51.6 Å². The summed E-state index contributed by atoms with van der Waals surface area (Å²) in [4.78, 5) is 79.0. The highest BCUT2D eigenvalue weighted by Crippen LogP contribution is 2.28. The zero-order valence-corrected chi connectivity index (χ0v) is 56.4. The zero-order valence-electron chi connectivity index (χ0n) is 45.7. The molecule has 0 radical (unpaired) electrons. The number of Topliss-reactive ketones (excluding diaryl/α,β-unsaturated/α-hetero) is 1. The van der Waals surface area contributed by atoms with E-state index in [9.17, 15) is 28.8 Å². The average molecular weight is 1500 g/mol. The first-order valence-electron chi connectivity index (χ1n) is 23.1. The Hall–Kier alpha value is -4.34. The molecule has 20 nitrogen and oxygen atoms in total. The number of phenolic OH excluding ortho intramolecular Hbond substituents is 1. The molecule has 1 heterocycles. The molecule has 6 rings (SSSR count). The van der Waals surface area contributed by atoms with Crippen LogP contribution in [0.4, 0.5) is 0 Å². The number of aromatic hydroxyl groups is 1. The number of nitrogens with one attached hydrogen (secondary N) is 3. The molecule has 5 aromatic carbocycles. The highest BCUT2D eigenvalue weighted by molar-refractivity contribution is 9.09. The number of carbonyl (C=O) groups excluding carboxylic acids is 5. The maximum atomic E-state index is 11.4. The first-order chi connectivity index (χ1) is 39.6. The number of amides is 2. The molecule has 0 bridgehead atoms. The fourth-order valence-corrected chi connectivity index (χ4v) is 7.80. The molecule has 0 saturated heterocycles. The molecule has 0 fully saturated rings. The number of likely N-dealkylation sites (N-methyl/N-ethyl adjacent to an activating group) is 1. The number of esters is 1. The Labute approximate surface area is 559 Å². The van der Waals surface area contributed by atoms with Crippen molar-refractivity contribution in [2.75, 3.05) is 74.2 Å². The third kappa shape index (κ3) is 42.2. The van der Waals surface area contributed by atoms with E-state index in [4.69, 9.17) is 157 Å². The Balaban J connectivity index is 0. The average Bonchev–Trinajstić information content (AvgIpc) is 3.90. The SMILES string of the molecule is CCOC(=O)CC(=O)COc1cc(Cl)cc(Cl)c1.CNOC.CON(C)C(=O)CBr.CON(C)C(=O)COc1cc(Cl)cc(Cl)c1.Cl.O=C(Cl)COc1cc(Cl)cc(Cl)c1.O=c1cc(COc2cc(Cl)cc(Cl)c2)[nH][nH]1.Oc1cc(Cl)cc(Cl)c1.